The van der Waals surface area contributed by atoms with Crippen molar-refractivity contribution < 1.29 is 9.72 Å². The van der Waals surface area contributed by atoms with Crippen molar-refractivity contribution in [2.24, 2.45) is 0 Å². The predicted molar refractivity (Wildman–Crippen MR) is 127 cm³/mol. The summed E-state index contributed by atoms with van der Waals surface area (Å²) >= 11 is 0. The molecule has 0 atom stereocenters. The minimum Gasteiger partial charge on any atom is -0.367 e. The van der Waals surface area contributed by atoms with Gasteiger partial charge in [-0.2, -0.15) is 5.10 Å². The van der Waals surface area contributed by atoms with Crippen LogP contribution < -0.4 is 10.2 Å². The molecule has 1 aromatic heterocycles. The number of rotatable bonds is 7. The van der Waals surface area contributed by atoms with Crippen molar-refractivity contribution in [2.45, 2.75) is 19.5 Å². The zero-order valence-electron chi connectivity index (χ0n) is 18.3. The van der Waals surface area contributed by atoms with Crippen molar-refractivity contribution in [1.29, 1.82) is 0 Å². The van der Waals surface area contributed by atoms with Crippen LogP contribution in [0.5, 0.6) is 0 Å². The third-order valence-corrected chi connectivity index (χ3v) is 5.93. The maximum atomic E-state index is 12.6. The molecule has 0 radical (unpaired) electrons. The van der Waals surface area contributed by atoms with Crippen LogP contribution in [0, 0.1) is 10.1 Å². The summed E-state index contributed by atoms with van der Waals surface area (Å²) in [7, 11) is 0. The molecule has 9 heteroatoms. The van der Waals surface area contributed by atoms with Gasteiger partial charge in [0.15, 0.2) is 0 Å². The molecular formula is C25H22N6O3. The zero-order valence-corrected chi connectivity index (χ0v) is 18.3. The summed E-state index contributed by atoms with van der Waals surface area (Å²) in [6.07, 6.45) is 3.73. The van der Waals surface area contributed by atoms with Crippen molar-refractivity contribution in [1.82, 2.24) is 20.1 Å². The van der Waals surface area contributed by atoms with E-state index in [1.54, 1.807) is 0 Å². The second-order valence-electron chi connectivity index (χ2n) is 8.10. The molecule has 0 unspecified atom stereocenters. The lowest BCUT2D eigenvalue weighted by Crippen LogP contribution is -2.23. The first-order chi connectivity index (χ1) is 16.6. The van der Waals surface area contributed by atoms with Gasteiger partial charge in [-0.3, -0.25) is 14.9 Å². The van der Waals surface area contributed by atoms with Crippen LogP contribution in [0.1, 0.15) is 27.0 Å². The third-order valence-electron chi connectivity index (χ3n) is 5.93. The van der Waals surface area contributed by atoms with Crippen molar-refractivity contribution in [2.75, 3.05) is 11.4 Å². The van der Waals surface area contributed by atoms with E-state index >= 15 is 0 Å². The van der Waals surface area contributed by atoms with Gasteiger partial charge in [-0.25, -0.2) is 9.67 Å². The normalized spacial score (nSPS) is 12.4. The van der Waals surface area contributed by atoms with Crippen molar-refractivity contribution in [3.8, 4) is 5.69 Å². The van der Waals surface area contributed by atoms with Crippen molar-refractivity contribution >= 4 is 17.3 Å². The molecule has 1 N–H and O–H groups in total. The van der Waals surface area contributed by atoms with Crippen LogP contribution in [0.2, 0.25) is 0 Å². The molecule has 0 saturated heterocycles. The molecule has 170 valence electrons. The fourth-order valence-corrected chi connectivity index (χ4v) is 4.18. The van der Waals surface area contributed by atoms with Crippen LogP contribution in [0.25, 0.3) is 5.69 Å². The number of para-hydroxylation sites is 1. The first kappa shape index (κ1) is 21.3. The molecule has 34 heavy (non-hydrogen) atoms. The molecule has 2 heterocycles. The van der Waals surface area contributed by atoms with Gasteiger partial charge in [0.05, 0.1) is 4.92 Å². The monoisotopic (exact) mass is 454 g/mol. The van der Waals surface area contributed by atoms with Gasteiger partial charge in [-0.15, -0.1) is 0 Å². The highest BCUT2D eigenvalue weighted by atomic mass is 16.6. The largest absolute Gasteiger partial charge is 0.367 e. The van der Waals surface area contributed by atoms with E-state index in [1.807, 2.05) is 12.1 Å². The predicted octanol–water partition coefficient (Wildman–Crippen LogP) is 3.67. The van der Waals surface area contributed by atoms with Gasteiger partial charge in [-0.1, -0.05) is 42.5 Å². The topological polar surface area (TPSA) is 106 Å². The van der Waals surface area contributed by atoms with E-state index in [2.05, 4.69) is 56.7 Å². The summed E-state index contributed by atoms with van der Waals surface area (Å²) in [6, 6.07) is 20.9. The van der Waals surface area contributed by atoms with Gasteiger partial charge in [0, 0.05) is 37.0 Å². The molecule has 1 aliphatic heterocycles. The Bertz CT molecular complexity index is 1340. The Kier molecular flexibility index (Phi) is 5.73. The number of amides is 1. The Morgan fingerprint density at radius 3 is 2.59 bits per heavy atom. The Balaban J connectivity index is 1.22. The number of carbonyl (C=O) groups is 1. The number of hydrogen-bond donors (Lipinski definition) is 1. The van der Waals surface area contributed by atoms with Crippen LogP contribution >= 0.6 is 0 Å². The number of nitro groups is 1. The highest BCUT2D eigenvalue weighted by Crippen LogP contribution is 2.29. The molecule has 0 spiro atoms. The van der Waals surface area contributed by atoms with Gasteiger partial charge in [0.25, 0.3) is 11.6 Å². The van der Waals surface area contributed by atoms with E-state index in [1.165, 1.54) is 52.3 Å². The molecule has 0 aliphatic carbocycles. The Hall–Kier alpha value is -4.53. The van der Waals surface area contributed by atoms with Crippen LogP contribution in [-0.4, -0.2) is 32.1 Å². The molecular weight excluding hydrogens is 432 g/mol. The lowest BCUT2D eigenvalue weighted by Gasteiger charge is -2.19. The van der Waals surface area contributed by atoms with Crippen LogP contribution in [-0.2, 0) is 19.5 Å². The van der Waals surface area contributed by atoms with E-state index in [-0.39, 0.29) is 22.8 Å². The van der Waals surface area contributed by atoms with Crippen molar-refractivity contribution in [3.05, 3.63) is 112 Å². The lowest BCUT2D eigenvalue weighted by molar-refractivity contribution is -0.384. The maximum absolute atomic E-state index is 12.6. The zero-order chi connectivity index (χ0) is 23.5. The number of nitrogens with one attached hydrogen (secondary N) is 1. The van der Waals surface area contributed by atoms with E-state index in [0.717, 1.165) is 25.1 Å². The second-order valence-corrected chi connectivity index (χ2v) is 8.10. The quantitative estimate of drug-likeness (QED) is 0.337. The fraction of sp³-hybridized carbons (Fsp3) is 0.160. The minimum atomic E-state index is -0.536. The average molecular weight is 454 g/mol. The van der Waals surface area contributed by atoms with Gasteiger partial charge in [-0.05, 0) is 41.3 Å². The first-order valence-electron chi connectivity index (χ1n) is 10.9. The van der Waals surface area contributed by atoms with Crippen molar-refractivity contribution in [3.63, 3.8) is 0 Å². The number of benzene rings is 3. The molecule has 9 nitrogen and oxygen atoms in total. The lowest BCUT2D eigenvalue weighted by atomic mass is 10.1. The summed E-state index contributed by atoms with van der Waals surface area (Å²) < 4.78 is 1.29. The molecule has 1 aliphatic rings. The third kappa shape index (κ3) is 4.36. The number of fused-ring (bicyclic) bond motifs is 1. The minimum absolute atomic E-state index is 0.208. The van der Waals surface area contributed by atoms with E-state index in [9.17, 15) is 14.9 Å². The van der Waals surface area contributed by atoms with E-state index in [4.69, 9.17) is 0 Å². The van der Waals surface area contributed by atoms with Gasteiger partial charge in [0.2, 0.25) is 0 Å². The molecule has 0 saturated carbocycles. The summed E-state index contributed by atoms with van der Waals surface area (Å²) in [4.78, 5) is 29.8. The number of aromatic nitrogens is 3. The highest BCUT2D eigenvalue weighted by Gasteiger charge is 2.20. The molecule has 5 rings (SSSR count). The Labute approximate surface area is 195 Å². The molecule has 3 aromatic carbocycles. The number of carbonyl (C=O) groups excluding carboxylic acids is 1. The summed E-state index contributed by atoms with van der Waals surface area (Å²) in [5.74, 6) is -0.383. The average Bonchev–Trinajstić information content (AvgIpc) is 3.54. The number of nitrogens with zero attached hydrogens (tertiary/aromatic N) is 5. The highest BCUT2D eigenvalue weighted by molar-refractivity contribution is 5.95. The number of nitro benzene ring substituents is 1. The van der Waals surface area contributed by atoms with E-state index < -0.39 is 4.92 Å². The molecule has 1 amide bonds. The second kappa shape index (κ2) is 9.14. The number of anilines is 1. The molecule has 0 fully saturated rings. The first-order valence-corrected chi connectivity index (χ1v) is 10.9. The Morgan fingerprint density at radius 1 is 1.03 bits per heavy atom. The summed E-state index contributed by atoms with van der Waals surface area (Å²) in [5, 5.41) is 18.3. The fourth-order valence-electron chi connectivity index (χ4n) is 4.18. The maximum Gasteiger partial charge on any atom is 0.295 e. The van der Waals surface area contributed by atoms with Gasteiger partial charge < -0.3 is 10.2 Å². The molecule has 0 bridgehead atoms. The summed E-state index contributed by atoms with van der Waals surface area (Å²) in [6.45, 7) is 2.18. The van der Waals surface area contributed by atoms with Gasteiger partial charge >= 0.3 is 0 Å². The molecule has 4 aromatic rings. The van der Waals surface area contributed by atoms with Crippen LogP contribution in [0.4, 0.5) is 11.4 Å². The summed E-state index contributed by atoms with van der Waals surface area (Å²) in [5.41, 5.74) is 5.07. The number of hydrogen-bond acceptors (Lipinski definition) is 6. The van der Waals surface area contributed by atoms with Crippen LogP contribution in [0.3, 0.4) is 0 Å². The SMILES string of the molecule is O=C(NCc1ccc(CN2CCc3ccccc32)cc1)c1ccc(-n2cncn2)c([N+](=O)[O-])c1. The van der Waals surface area contributed by atoms with E-state index in [0.29, 0.717) is 6.54 Å². The smallest absolute Gasteiger partial charge is 0.295 e. The van der Waals surface area contributed by atoms with Gasteiger partial charge in [0.1, 0.15) is 18.3 Å². The van der Waals surface area contributed by atoms with Crippen LogP contribution in [0.15, 0.2) is 79.4 Å². The Morgan fingerprint density at radius 2 is 1.82 bits per heavy atom. The standard InChI is InChI=1S/C25H22N6O3/c32-25(21-9-10-23(24(13-21)31(33)34)30-17-26-16-28-30)27-14-18-5-7-19(8-6-18)15-29-12-11-20-3-1-2-4-22(20)29/h1-10,13,16-17H,11-12,14-15H2,(H,27,32).